The molecule has 0 aliphatic carbocycles. The number of anilines is 2. The Morgan fingerprint density at radius 2 is 1.73 bits per heavy atom. The number of para-hydroxylation sites is 3. The Kier molecular flexibility index (Phi) is 6.49. The lowest BCUT2D eigenvalue weighted by molar-refractivity contribution is -0.384. The van der Waals surface area contributed by atoms with Gasteiger partial charge in [-0.3, -0.25) is 10.1 Å². The molecule has 1 atom stereocenters. The first-order chi connectivity index (χ1) is 16.0. The minimum Gasteiger partial charge on any atom is -0.335 e. The van der Waals surface area contributed by atoms with Crippen molar-refractivity contribution in [3.05, 3.63) is 99.6 Å². The largest absolute Gasteiger partial charge is 0.335 e. The van der Waals surface area contributed by atoms with E-state index in [4.69, 9.17) is 4.84 Å². The Morgan fingerprint density at radius 1 is 1.06 bits per heavy atom. The number of benzene rings is 3. The van der Waals surface area contributed by atoms with Crippen molar-refractivity contribution in [2.24, 2.45) is 5.16 Å². The van der Waals surface area contributed by atoms with Crippen molar-refractivity contribution in [3.8, 4) is 0 Å². The molecule has 1 aliphatic rings. The van der Waals surface area contributed by atoms with Gasteiger partial charge in [-0.05, 0) is 35.7 Å². The predicted octanol–water partition coefficient (Wildman–Crippen LogP) is 5.69. The third kappa shape index (κ3) is 4.62. The summed E-state index contributed by atoms with van der Waals surface area (Å²) in [5.74, 6) is -0.593. The summed E-state index contributed by atoms with van der Waals surface area (Å²) in [5.41, 5.74) is 5.37. The van der Waals surface area contributed by atoms with Crippen LogP contribution in [0.1, 0.15) is 36.0 Å². The SMILES string of the molecule is CCC(=O)O/N=C(\Cc1ccccc1C)C1CN(c2ccccc2[N+](=O)[O-])c2ccccc21. The van der Waals surface area contributed by atoms with Crippen molar-refractivity contribution in [3.63, 3.8) is 0 Å². The summed E-state index contributed by atoms with van der Waals surface area (Å²) < 4.78 is 0. The summed E-state index contributed by atoms with van der Waals surface area (Å²) in [5, 5.41) is 16.0. The van der Waals surface area contributed by atoms with E-state index in [0.717, 1.165) is 22.4 Å². The maximum absolute atomic E-state index is 11.9. The molecule has 7 heteroatoms. The van der Waals surface area contributed by atoms with Gasteiger partial charge in [-0.25, -0.2) is 4.79 Å². The monoisotopic (exact) mass is 443 g/mol. The second kappa shape index (κ2) is 9.65. The molecule has 0 saturated carbocycles. The minimum atomic E-state index is -0.404. The Bertz CT molecular complexity index is 1220. The van der Waals surface area contributed by atoms with E-state index in [1.165, 1.54) is 6.07 Å². The minimum absolute atomic E-state index is 0.0442. The number of rotatable bonds is 7. The summed E-state index contributed by atoms with van der Waals surface area (Å²) in [6, 6.07) is 22.6. The van der Waals surface area contributed by atoms with Crippen molar-refractivity contribution >= 4 is 28.7 Å². The fourth-order valence-electron chi connectivity index (χ4n) is 4.16. The lowest BCUT2D eigenvalue weighted by Gasteiger charge is -2.20. The summed E-state index contributed by atoms with van der Waals surface area (Å²) in [7, 11) is 0. The molecule has 0 N–H and O–H groups in total. The number of nitrogens with zero attached hydrogens (tertiary/aromatic N) is 3. The van der Waals surface area contributed by atoms with Gasteiger partial charge < -0.3 is 9.74 Å². The first kappa shape index (κ1) is 22.2. The van der Waals surface area contributed by atoms with Crippen LogP contribution < -0.4 is 4.90 Å². The van der Waals surface area contributed by atoms with Gasteiger partial charge in [0.05, 0.1) is 10.6 Å². The third-order valence-electron chi connectivity index (χ3n) is 5.93. The van der Waals surface area contributed by atoms with Crippen LogP contribution in [0.25, 0.3) is 0 Å². The molecular formula is C26H25N3O4. The van der Waals surface area contributed by atoms with E-state index in [9.17, 15) is 14.9 Å². The fourth-order valence-corrected chi connectivity index (χ4v) is 4.16. The molecule has 0 fully saturated rings. The molecule has 1 aliphatic heterocycles. The summed E-state index contributed by atoms with van der Waals surface area (Å²) in [6.07, 6.45) is 0.734. The van der Waals surface area contributed by atoms with E-state index in [-0.39, 0.29) is 22.9 Å². The van der Waals surface area contributed by atoms with Crippen LogP contribution in [0.5, 0.6) is 0 Å². The number of hydrogen-bond donors (Lipinski definition) is 0. The Hall–Kier alpha value is -4.00. The molecule has 0 amide bonds. The molecule has 1 unspecified atom stereocenters. The number of aryl methyl sites for hydroxylation is 1. The van der Waals surface area contributed by atoms with E-state index in [2.05, 4.69) is 5.16 Å². The highest BCUT2D eigenvalue weighted by Crippen LogP contribution is 2.44. The van der Waals surface area contributed by atoms with E-state index >= 15 is 0 Å². The van der Waals surface area contributed by atoms with Crippen LogP contribution in [0.2, 0.25) is 0 Å². The van der Waals surface area contributed by atoms with Crippen molar-refractivity contribution < 1.29 is 14.6 Å². The van der Waals surface area contributed by atoms with Crippen LogP contribution >= 0.6 is 0 Å². The summed E-state index contributed by atoms with van der Waals surface area (Å²) >= 11 is 0. The topological polar surface area (TPSA) is 85.0 Å². The highest BCUT2D eigenvalue weighted by atomic mass is 16.7. The van der Waals surface area contributed by atoms with Crippen LogP contribution in [0.15, 0.2) is 78.0 Å². The van der Waals surface area contributed by atoms with Crippen LogP contribution in [0.4, 0.5) is 17.1 Å². The van der Waals surface area contributed by atoms with Gasteiger partial charge in [0.25, 0.3) is 5.69 Å². The number of carbonyl (C=O) groups is 1. The van der Waals surface area contributed by atoms with E-state index < -0.39 is 5.97 Å². The third-order valence-corrected chi connectivity index (χ3v) is 5.93. The zero-order chi connectivity index (χ0) is 23.4. The standard InChI is InChI=1S/C26H25N3O4/c1-3-26(30)33-27-22(16-19-11-5-4-10-18(19)2)21-17-28(23-13-7-6-12-20(21)23)24-14-8-9-15-25(24)29(31)32/h4-15,21H,3,16-17H2,1-2H3/b27-22+. The van der Waals surface area contributed by atoms with Gasteiger partial charge in [-0.2, -0.15) is 0 Å². The average molecular weight is 444 g/mol. The number of nitro groups is 1. The van der Waals surface area contributed by atoms with Crippen molar-refractivity contribution in [2.45, 2.75) is 32.6 Å². The van der Waals surface area contributed by atoms with Crippen LogP contribution in [0, 0.1) is 17.0 Å². The zero-order valence-electron chi connectivity index (χ0n) is 18.6. The van der Waals surface area contributed by atoms with E-state index in [1.54, 1.807) is 25.1 Å². The zero-order valence-corrected chi connectivity index (χ0v) is 18.6. The molecule has 0 radical (unpaired) electrons. The fraction of sp³-hybridized carbons (Fsp3) is 0.231. The second-order valence-corrected chi connectivity index (χ2v) is 7.97. The molecule has 33 heavy (non-hydrogen) atoms. The van der Waals surface area contributed by atoms with Gasteiger partial charge in [-0.15, -0.1) is 0 Å². The highest BCUT2D eigenvalue weighted by molar-refractivity contribution is 5.97. The second-order valence-electron chi connectivity index (χ2n) is 7.97. The number of carbonyl (C=O) groups excluding carboxylic acids is 1. The number of oxime groups is 1. The molecule has 3 aromatic carbocycles. The van der Waals surface area contributed by atoms with E-state index in [0.29, 0.717) is 24.4 Å². The lowest BCUT2D eigenvalue weighted by atomic mass is 9.91. The molecule has 0 spiro atoms. The first-order valence-corrected chi connectivity index (χ1v) is 10.9. The molecule has 168 valence electrons. The van der Waals surface area contributed by atoms with Crippen molar-refractivity contribution in [1.82, 2.24) is 0 Å². The van der Waals surface area contributed by atoms with Gasteiger partial charge in [0, 0.05) is 37.1 Å². The van der Waals surface area contributed by atoms with Crippen LogP contribution in [-0.2, 0) is 16.1 Å². The quantitative estimate of drug-likeness (QED) is 0.203. The van der Waals surface area contributed by atoms with Crippen molar-refractivity contribution in [1.29, 1.82) is 0 Å². The molecule has 0 saturated heterocycles. The van der Waals surface area contributed by atoms with Gasteiger partial charge in [-0.1, -0.05) is 66.7 Å². The van der Waals surface area contributed by atoms with Gasteiger partial charge in [0.2, 0.25) is 0 Å². The van der Waals surface area contributed by atoms with Crippen LogP contribution in [0.3, 0.4) is 0 Å². The van der Waals surface area contributed by atoms with Crippen LogP contribution in [-0.4, -0.2) is 23.1 Å². The average Bonchev–Trinajstić information content (AvgIpc) is 3.22. The maximum atomic E-state index is 11.9. The van der Waals surface area contributed by atoms with Gasteiger partial charge in [0.15, 0.2) is 0 Å². The molecule has 3 aromatic rings. The number of nitro benzene ring substituents is 1. The predicted molar refractivity (Wildman–Crippen MR) is 128 cm³/mol. The molecular weight excluding hydrogens is 418 g/mol. The van der Waals surface area contributed by atoms with Gasteiger partial charge in [0.1, 0.15) is 5.69 Å². The number of hydrogen-bond acceptors (Lipinski definition) is 6. The normalized spacial score (nSPS) is 15.3. The molecule has 4 rings (SSSR count). The Morgan fingerprint density at radius 3 is 2.45 bits per heavy atom. The van der Waals surface area contributed by atoms with E-state index in [1.807, 2.05) is 60.4 Å². The Balaban J connectivity index is 1.77. The lowest BCUT2D eigenvalue weighted by Crippen LogP contribution is -2.23. The molecule has 0 aromatic heterocycles. The Labute approximate surface area is 192 Å². The highest BCUT2D eigenvalue weighted by Gasteiger charge is 2.35. The first-order valence-electron chi connectivity index (χ1n) is 10.9. The van der Waals surface area contributed by atoms with Gasteiger partial charge >= 0.3 is 5.97 Å². The summed E-state index contributed by atoms with van der Waals surface area (Å²) in [4.78, 5) is 30.4. The van der Waals surface area contributed by atoms with Crippen molar-refractivity contribution in [2.75, 3.05) is 11.4 Å². The smallest absolute Gasteiger partial charge is 0.334 e. The molecule has 7 nitrogen and oxygen atoms in total. The molecule has 0 bridgehead atoms. The molecule has 1 heterocycles. The number of fused-ring (bicyclic) bond motifs is 1. The maximum Gasteiger partial charge on any atom is 0.334 e. The summed E-state index contributed by atoms with van der Waals surface area (Å²) in [6.45, 7) is 4.21.